The molecule has 176 valence electrons. The van der Waals surface area contributed by atoms with Crippen LogP contribution in [-0.4, -0.2) is 58.8 Å². The van der Waals surface area contributed by atoms with Gasteiger partial charge >= 0.3 is 11.3 Å². The van der Waals surface area contributed by atoms with E-state index in [1.807, 2.05) is 0 Å². The Bertz CT molecular complexity index is 307. The molecule has 0 aliphatic rings. The van der Waals surface area contributed by atoms with Crippen LogP contribution in [0.2, 0.25) is 0 Å². The van der Waals surface area contributed by atoms with Crippen LogP contribution in [0.15, 0.2) is 0 Å². The Kier molecular flexibility index (Phi) is 34.8. The molecule has 8 heteroatoms. The summed E-state index contributed by atoms with van der Waals surface area (Å²) < 4.78 is 7.50. The van der Waals surface area contributed by atoms with Gasteiger partial charge in [0, 0.05) is 21.1 Å². The average Bonchev–Trinajstić information content (AvgIpc) is 2.54. The molecule has 0 aromatic carbocycles. The standard InChI is InChI=1S/C16H37NP2.C4H10O.CO.Mo.NO/c1-13(2)18(14(3)4)11-9-17-10-12-19(15(5)6)16(7)8;1-4(2,3)5;1-2;;1-2/h13-17H,9-12H2,1-8H3;5H,1-3H3;;;/q;;;;-1. The van der Waals surface area contributed by atoms with Gasteiger partial charge in [-0.2, -0.15) is 0 Å². The molecule has 5 nitrogen and oxygen atoms in total. The molecule has 0 aromatic rings. The summed E-state index contributed by atoms with van der Waals surface area (Å²) >= 11 is 0. The smallest absolute Gasteiger partial charge is 0 e. The number of nitrogens with zero attached hydrogens (tertiary/aromatic N) is 1. The molecular formula is C21H47MoN2O3P2-. The second-order valence-corrected chi connectivity index (χ2v) is 15.9. The minimum Gasteiger partial charge on any atom is -0.577 e. The quantitative estimate of drug-likeness (QED) is 0.115. The second kappa shape index (κ2) is 25.1. The van der Waals surface area contributed by atoms with Gasteiger partial charge in [-0.15, -0.1) is 15.8 Å². The summed E-state index contributed by atoms with van der Waals surface area (Å²) in [4.78, 5) is 7.25. The Morgan fingerprint density at radius 2 is 0.966 bits per heavy atom. The van der Waals surface area contributed by atoms with Gasteiger partial charge in [0.15, 0.2) is 0 Å². The second-order valence-electron chi connectivity index (χ2n) is 8.77. The van der Waals surface area contributed by atoms with Crippen molar-refractivity contribution < 1.29 is 30.8 Å². The molecule has 0 radical (unpaired) electrons. The molecule has 0 amide bonds. The van der Waals surface area contributed by atoms with Crippen LogP contribution in [-0.2, 0) is 25.7 Å². The van der Waals surface area contributed by atoms with Gasteiger partial charge in [0.05, 0.1) is 5.60 Å². The monoisotopic (exact) mass is 535 g/mol. The van der Waals surface area contributed by atoms with Gasteiger partial charge in [0.1, 0.15) is 0 Å². The summed E-state index contributed by atoms with van der Waals surface area (Å²) in [5.74, 6) is 0. The zero-order valence-corrected chi connectivity index (χ0v) is 24.4. The Labute approximate surface area is 198 Å². The Balaban J connectivity index is -0.000000163. The van der Waals surface area contributed by atoms with Gasteiger partial charge in [-0.1, -0.05) is 55.4 Å². The zero-order chi connectivity index (χ0) is 23.5. The summed E-state index contributed by atoms with van der Waals surface area (Å²) in [6.45, 7) is 31.3. The maximum absolute atomic E-state index is 8.52. The van der Waals surface area contributed by atoms with E-state index in [1.165, 1.54) is 25.4 Å². The number of nitroso groups, excluding NO2 is 1. The molecule has 0 fully saturated rings. The maximum atomic E-state index is 8.52. The van der Waals surface area contributed by atoms with Gasteiger partial charge in [0.2, 0.25) is 0 Å². The van der Waals surface area contributed by atoms with E-state index < -0.39 is 5.60 Å². The molecule has 2 N–H and O–H groups in total. The van der Waals surface area contributed by atoms with Crippen LogP contribution >= 0.6 is 15.8 Å². The van der Waals surface area contributed by atoms with Crippen LogP contribution in [0.3, 0.4) is 0 Å². The summed E-state index contributed by atoms with van der Waals surface area (Å²) in [6.07, 6.45) is 2.79. The Morgan fingerprint density at radius 1 is 0.793 bits per heavy atom. The van der Waals surface area contributed by atoms with E-state index in [0.29, 0.717) is 0 Å². The molecule has 0 unspecified atom stereocenters. The molecule has 0 heterocycles. The molecule has 0 aliphatic carbocycles. The van der Waals surface area contributed by atoms with Crippen LogP contribution in [0.4, 0.5) is 0 Å². The number of rotatable bonds is 10. The third kappa shape index (κ3) is 33.6. The normalized spacial score (nSPS) is 10.8. The van der Waals surface area contributed by atoms with Gasteiger partial charge in [-0.25, -0.2) is 0 Å². The predicted octanol–water partition coefficient (Wildman–Crippen LogP) is 6.23. The molecule has 29 heavy (non-hydrogen) atoms. The van der Waals surface area contributed by atoms with E-state index in [0.717, 1.165) is 22.6 Å². The fraction of sp³-hybridized carbons (Fsp3) is 0.952. The van der Waals surface area contributed by atoms with Crippen molar-refractivity contribution in [2.45, 2.75) is 104 Å². The molecule has 0 saturated heterocycles. The molecular weight excluding hydrogens is 486 g/mol. The fourth-order valence-electron chi connectivity index (χ4n) is 2.77. The fourth-order valence-corrected chi connectivity index (χ4v) is 8.05. The summed E-state index contributed by atoms with van der Waals surface area (Å²) in [5.41, 5.74) is 8.75. The SMILES string of the molecule is CC(C)(C)O.CC(C)P(CCNCCP(C(C)C)C(C)C)C(C)C.[C-]#[O+].[Mo].[N-]=O. The summed E-state index contributed by atoms with van der Waals surface area (Å²) in [5, 5.41) is 12.2. The molecule has 0 aromatic heterocycles. The molecule has 0 saturated carbocycles. The Hall–Kier alpha value is 0.808. The van der Waals surface area contributed by atoms with Crippen molar-refractivity contribution in [2.75, 3.05) is 25.4 Å². The third-order valence-electron chi connectivity index (χ3n) is 3.75. The number of aliphatic hydroxyl groups is 1. The average molecular weight is 534 g/mol. The predicted molar refractivity (Wildman–Crippen MR) is 130 cm³/mol. The van der Waals surface area contributed by atoms with Gasteiger partial charge in [0.25, 0.3) is 0 Å². The van der Waals surface area contributed by atoms with Crippen LogP contribution in [0, 0.1) is 11.6 Å². The van der Waals surface area contributed by atoms with Gasteiger partial charge < -0.3 is 20.9 Å². The Morgan fingerprint density at radius 3 is 1.10 bits per heavy atom. The van der Waals surface area contributed by atoms with Crippen LogP contribution in [0.25, 0.3) is 5.59 Å². The van der Waals surface area contributed by atoms with E-state index in [2.05, 4.69) is 67.4 Å². The number of nitrogens with one attached hydrogen (secondary N) is 1. The first-order valence-corrected chi connectivity index (χ1v) is 13.4. The van der Waals surface area contributed by atoms with Crippen molar-refractivity contribution in [1.82, 2.24) is 5.32 Å². The topological polar surface area (TPSA) is 91.5 Å². The number of hydrogen-bond donors (Lipinski definition) is 2. The van der Waals surface area contributed by atoms with E-state index in [4.69, 9.17) is 20.3 Å². The minimum atomic E-state index is -0.500. The summed E-state index contributed by atoms with van der Waals surface area (Å²) in [6, 6.07) is 0. The maximum Gasteiger partial charge on any atom is 0 e. The van der Waals surface area contributed by atoms with E-state index in [9.17, 15) is 0 Å². The largest absolute Gasteiger partial charge is 0.577 e. The molecule has 0 bridgehead atoms. The van der Waals surface area contributed by atoms with Crippen molar-refractivity contribution in [3.8, 4) is 0 Å². The van der Waals surface area contributed by atoms with Crippen LogP contribution in [0.1, 0.15) is 76.2 Å². The molecule has 0 atom stereocenters. The first kappa shape index (κ1) is 40.2. The molecule has 0 aliphatic heterocycles. The third-order valence-corrected chi connectivity index (χ3v) is 10.5. The number of hydrogen-bond acceptors (Lipinski definition) is 3. The van der Waals surface area contributed by atoms with Crippen molar-refractivity contribution in [3.63, 3.8) is 0 Å². The van der Waals surface area contributed by atoms with E-state index in [-0.39, 0.29) is 36.9 Å². The van der Waals surface area contributed by atoms with Crippen molar-refractivity contribution in [2.24, 2.45) is 0 Å². The van der Waals surface area contributed by atoms with Crippen molar-refractivity contribution >= 4 is 15.8 Å². The van der Waals surface area contributed by atoms with Gasteiger partial charge in [-0.3, -0.25) is 0 Å². The molecule has 0 rings (SSSR count). The van der Waals surface area contributed by atoms with Crippen molar-refractivity contribution in [3.05, 3.63) is 17.2 Å². The first-order chi connectivity index (χ1) is 12.8. The van der Waals surface area contributed by atoms with Gasteiger partial charge in [-0.05, 0) is 68.8 Å². The zero-order valence-electron chi connectivity index (χ0n) is 20.7. The minimum absolute atomic E-state index is 0. The summed E-state index contributed by atoms with van der Waals surface area (Å²) in [7, 11) is 0.415. The molecule has 0 spiro atoms. The van der Waals surface area contributed by atoms with E-state index in [1.54, 1.807) is 20.8 Å². The van der Waals surface area contributed by atoms with Crippen LogP contribution in [0.5, 0.6) is 0 Å². The van der Waals surface area contributed by atoms with Crippen LogP contribution < -0.4 is 5.32 Å². The van der Waals surface area contributed by atoms with E-state index >= 15 is 0 Å². The first-order valence-electron chi connectivity index (χ1n) is 10.1. The van der Waals surface area contributed by atoms with Crippen molar-refractivity contribution in [1.29, 1.82) is 0 Å².